The molecule has 0 saturated heterocycles. The predicted molar refractivity (Wildman–Crippen MR) is 159 cm³/mol. The van der Waals surface area contributed by atoms with Crippen LogP contribution in [0, 0.1) is 0 Å². The molecular weight excluding hydrogens is 500 g/mol. The highest BCUT2D eigenvalue weighted by molar-refractivity contribution is 5.76. The minimum Gasteiger partial charge on any atom is -0.494 e. The lowest BCUT2D eigenvalue weighted by Gasteiger charge is -2.29. The first kappa shape index (κ1) is 28.7. The number of hydrogen-bond donors (Lipinski definition) is 1. The Morgan fingerprint density at radius 2 is 1.45 bits per heavy atom. The molecule has 0 heterocycles. The Labute approximate surface area is 237 Å². The number of primary amides is 1. The standard InChI is InChI=1S/C34H38N2O4/c1-38-32-18-17-27(22-33(32)39-2)24-36(19-10-20-40-30-16-9-11-26(21-30)23-34(35)37)25-31(28-12-5-3-6-13-28)29-14-7-4-8-15-29/h3-9,11-18,21-22,31H,10,19-20,23-25H2,1-2H3,(H2,35,37). The Morgan fingerprint density at radius 1 is 0.775 bits per heavy atom. The van der Waals surface area contributed by atoms with Crippen LogP contribution in [0.3, 0.4) is 0 Å². The molecule has 0 aliphatic carbocycles. The topological polar surface area (TPSA) is 74.0 Å². The number of benzene rings is 4. The van der Waals surface area contributed by atoms with E-state index in [1.807, 2.05) is 36.4 Å². The molecule has 2 N–H and O–H groups in total. The molecule has 0 aliphatic rings. The molecule has 0 fully saturated rings. The highest BCUT2D eigenvalue weighted by Crippen LogP contribution is 2.30. The molecule has 4 aromatic carbocycles. The van der Waals surface area contributed by atoms with Crippen molar-refractivity contribution in [2.24, 2.45) is 5.73 Å². The van der Waals surface area contributed by atoms with Gasteiger partial charge in [-0.2, -0.15) is 0 Å². The summed E-state index contributed by atoms with van der Waals surface area (Å²) < 4.78 is 17.1. The van der Waals surface area contributed by atoms with Gasteiger partial charge in [0.15, 0.2) is 11.5 Å². The Morgan fingerprint density at radius 3 is 2.08 bits per heavy atom. The summed E-state index contributed by atoms with van der Waals surface area (Å²) >= 11 is 0. The number of methoxy groups -OCH3 is 2. The van der Waals surface area contributed by atoms with Gasteiger partial charge in [0.05, 0.1) is 27.2 Å². The van der Waals surface area contributed by atoms with Gasteiger partial charge in [0.2, 0.25) is 5.91 Å². The van der Waals surface area contributed by atoms with Gasteiger partial charge in [-0.15, -0.1) is 0 Å². The lowest BCUT2D eigenvalue weighted by atomic mass is 9.90. The second-order valence-electron chi connectivity index (χ2n) is 9.79. The lowest BCUT2D eigenvalue weighted by Crippen LogP contribution is -2.30. The largest absolute Gasteiger partial charge is 0.494 e. The summed E-state index contributed by atoms with van der Waals surface area (Å²) in [6, 6.07) is 35.0. The number of ether oxygens (including phenoxy) is 3. The van der Waals surface area contributed by atoms with E-state index in [0.29, 0.717) is 6.61 Å². The average molecular weight is 539 g/mol. The molecule has 0 saturated carbocycles. The van der Waals surface area contributed by atoms with Crippen LogP contribution in [0.5, 0.6) is 17.2 Å². The van der Waals surface area contributed by atoms with Crippen molar-refractivity contribution in [2.45, 2.75) is 25.3 Å². The Balaban J connectivity index is 1.51. The fourth-order valence-corrected chi connectivity index (χ4v) is 4.93. The van der Waals surface area contributed by atoms with E-state index in [9.17, 15) is 4.79 Å². The van der Waals surface area contributed by atoms with Crippen molar-refractivity contribution in [1.29, 1.82) is 0 Å². The third kappa shape index (κ3) is 8.35. The molecule has 0 aliphatic heterocycles. The fourth-order valence-electron chi connectivity index (χ4n) is 4.93. The first-order valence-corrected chi connectivity index (χ1v) is 13.6. The van der Waals surface area contributed by atoms with Crippen LogP contribution >= 0.6 is 0 Å². The van der Waals surface area contributed by atoms with Crippen molar-refractivity contribution in [3.05, 3.63) is 125 Å². The van der Waals surface area contributed by atoms with Gasteiger partial charge >= 0.3 is 0 Å². The van der Waals surface area contributed by atoms with E-state index in [-0.39, 0.29) is 18.2 Å². The van der Waals surface area contributed by atoms with Gasteiger partial charge in [0, 0.05) is 25.6 Å². The van der Waals surface area contributed by atoms with E-state index in [1.54, 1.807) is 14.2 Å². The summed E-state index contributed by atoms with van der Waals surface area (Å²) in [6.07, 6.45) is 1.04. The van der Waals surface area contributed by atoms with Crippen molar-refractivity contribution in [3.8, 4) is 17.2 Å². The van der Waals surface area contributed by atoms with Crippen molar-refractivity contribution in [3.63, 3.8) is 0 Å². The fraction of sp³-hybridized carbons (Fsp3) is 0.265. The summed E-state index contributed by atoms with van der Waals surface area (Å²) in [6.45, 7) is 3.00. The molecule has 6 heteroatoms. The van der Waals surface area contributed by atoms with E-state index in [0.717, 1.165) is 54.4 Å². The first-order chi connectivity index (χ1) is 19.6. The van der Waals surface area contributed by atoms with E-state index in [2.05, 4.69) is 71.6 Å². The summed E-state index contributed by atoms with van der Waals surface area (Å²) in [7, 11) is 3.31. The Bertz CT molecular complexity index is 1310. The van der Waals surface area contributed by atoms with Crippen molar-refractivity contribution in [1.82, 2.24) is 4.90 Å². The van der Waals surface area contributed by atoms with Crippen molar-refractivity contribution >= 4 is 5.91 Å². The third-order valence-electron chi connectivity index (χ3n) is 6.86. The van der Waals surface area contributed by atoms with Gasteiger partial charge in [-0.25, -0.2) is 0 Å². The quantitative estimate of drug-likeness (QED) is 0.193. The molecule has 6 nitrogen and oxygen atoms in total. The number of carbonyl (C=O) groups is 1. The van der Waals surface area contributed by atoms with Gasteiger partial charge in [-0.3, -0.25) is 9.69 Å². The minimum atomic E-state index is -0.352. The zero-order valence-corrected chi connectivity index (χ0v) is 23.3. The maximum absolute atomic E-state index is 11.3. The van der Waals surface area contributed by atoms with E-state index in [1.165, 1.54) is 11.1 Å². The number of nitrogens with zero attached hydrogens (tertiary/aromatic N) is 1. The summed E-state index contributed by atoms with van der Waals surface area (Å²) in [5.74, 6) is 2.05. The van der Waals surface area contributed by atoms with Gasteiger partial charge in [0.25, 0.3) is 0 Å². The molecule has 4 aromatic rings. The molecule has 1 amide bonds. The van der Waals surface area contributed by atoms with Gasteiger partial charge in [-0.1, -0.05) is 78.9 Å². The molecule has 0 radical (unpaired) electrons. The Hall–Kier alpha value is -4.29. The number of rotatable bonds is 15. The van der Waals surface area contributed by atoms with Crippen LogP contribution < -0.4 is 19.9 Å². The van der Waals surface area contributed by atoms with Crippen LogP contribution in [-0.4, -0.2) is 44.7 Å². The van der Waals surface area contributed by atoms with Gasteiger partial charge in [0.1, 0.15) is 5.75 Å². The van der Waals surface area contributed by atoms with Crippen LogP contribution in [0.4, 0.5) is 0 Å². The van der Waals surface area contributed by atoms with Gasteiger partial charge < -0.3 is 19.9 Å². The highest BCUT2D eigenvalue weighted by atomic mass is 16.5. The van der Waals surface area contributed by atoms with E-state index in [4.69, 9.17) is 19.9 Å². The smallest absolute Gasteiger partial charge is 0.221 e. The zero-order valence-electron chi connectivity index (χ0n) is 23.3. The second-order valence-corrected chi connectivity index (χ2v) is 9.79. The molecule has 208 valence electrons. The SMILES string of the molecule is COc1ccc(CN(CCCOc2cccc(CC(N)=O)c2)CC(c2ccccc2)c2ccccc2)cc1OC. The number of nitrogens with two attached hydrogens (primary N) is 1. The summed E-state index contributed by atoms with van der Waals surface area (Å²) in [5, 5.41) is 0. The lowest BCUT2D eigenvalue weighted by molar-refractivity contribution is -0.117. The van der Waals surface area contributed by atoms with E-state index < -0.39 is 0 Å². The molecule has 0 bridgehead atoms. The molecule has 0 spiro atoms. The van der Waals surface area contributed by atoms with Crippen LogP contribution in [-0.2, 0) is 17.8 Å². The minimum absolute atomic E-state index is 0.205. The molecule has 4 rings (SSSR count). The molecule has 40 heavy (non-hydrogen) atoms. The number of hydrogen-bond acceptors (Lipinski definition) is 5. The second kappa shape index (κ2) is 14.8. The monoisotopic (exact) mass is 538 g/mol. The maximum atomic E-state index is 11.3. The average Bonchev–Trinajstić information content (AvgIpc) is 2.98. The third-order valence-corrected chi connectivity index (χ3v) is 6.86. The van der Waals surface area contributed by atoms with Crippen molar-refractivity contribution < 1.29 is 19.0 Å². The highest BCUT2D eigenvalue weighted by Gasteiger charge is 2.19. The number of carbonyl (C=O) groups excluding carboxylic acids is 1. The summed E-state index contributed by atoms with van der Waals surface area (Å²) in [4.78, 5) is 13.8. The summed E-state index contributed by atoms with van der Waals surface area (Å²) in [5.41, 5.74) is 9.93. The van der Waals surface area contributed by atoms with Crippen molar-refractivity contribution in [2.75, 3.05) is 33.9 Å². The first-order valence-electron chi connectivity index (χ1n) is 13.6. The number of amides is 1. The van der Waals surface area contributed by atoms with Crippen LogP contribution in [0.1, 0.15) is 34.6 Å². The molecule has 0 atom stereocenters. The maximum Gasteiger partial charge on any atom is 0.221 e. The molecule has 0 unspecified atom stereocenters. The molecule has 0 aromatic heterocycles. The van der Waals surface area contributed by atoms with Crippen LogP contribution in [0.15, 0.2) is 103 Å². The zero-order chi connectivity index (χ0) is 28.2. The van der Waals surface area contributed by atoms with Gasteiger partial charge in [-0.05, 0) is 52.9 Å². The normalized spacial score (nSPS) is 11.0. The van der Waals surface area contributed by atoms with Crippen LogP contribution in [0.2, 0.25) is 0 Å². The Kier molecular flexibility index (Phi) is 10.6. The van der Waals surface area contributed by atoms with E-state index >= 15 is 0 Å². The predicted octanol–water partition coefficient (Wildman–Crippen LogP) is 5.83. The molecular formula is C34H38N2O4. The van der Waals surface area contributed by atoms with Crippen LogP contribution in [0.25, 0.3) is 0 Å².